The second kappa shape index (κ2) is 9.14. The van der Waals surface area contributed by atoms with Gasteiger partial charge in [0.05, 0.1) is 18.0 Å². The first-order valence-corrected chi connectivity index (χ1v) is 9.28. The molecular formula is C23H24N4O2. The molecule has 0 saturated carbocycles. The van der Waals surface area contributed by atoms with Crippen LogP contribution in [0.25, 0.3) is 28.5 Å². The molecule has 6 heteroatoms. The van der Waals surface area contributed by atoms with E-state index in [0.717, 1.165) is 27.9 Å². The Morgan fingerprint density at radius 1 is 1.10 bits per heavy atom. The lowest BCUT2D eigenvalue weighted by Gasteiger charge is -2.11. The lowest BCUT2D eigenvalue weighted by atomic mass is 9.99. The van der Waals surface area contributed by atoms with E-state index in [-0.39, 0.29) is 12.5 Å². The smallest absolute Gasteiger partial charge is 0.265 e. The number of amides is 1. The Kier molecular flexibility index (Phi) is 6.39. The van der Waals surface area contributed by atoms with Crippen LogP contribution < -0.4 is 16.6 Å². The summed E-state index contributed by atoms with van der Waals surface area (Å²) in [4.78, 5) is 16.7. The van der Waals surface area contributed by atoms with Crippen molar-refractivity contribution in [2.24, 2.45) is 5.84 Å². The average Bonchev–Trinajstić information content (AvgIpc) is 2.78. The fraction of sp³-hybridized carbons (Fsp3) is 0.130. The van der Waals surface area contributed by atoms with E-state index >= 15 is 0 Å². The Labute approximate surface area is 170 Å². The molecule has 0 aliphatic rings. The molecule has 0 fully saturated rings. The molecule has 1 amide bonds. The summed E-state index contributed by atoms with van der Waals surface area (Å²) in [7, 11) is 0. The molecule has 29 heavy (non-hydrogen) atoms. The first-order chi connectivity index (χ1) is 14.1. The molecule has 3 aromatic rings. The SMILES string of the molecule is C=Cc1nc(-c2ccc(-c3ccc(NCCO)cc3)cc2)cc(C(=O)NN)c1C. The molecule has 1 heterocycles. The van der Waals surface area contributed by atoms with Gasteiger partial charge in [0, 0.05) is 23.4 Å². The summed E-state index contributed by atoms with van der Waals surface area (Å²) >= 11 is 0. The lowest BCUT2D eigenvalue weighted by Crippen LogP contribution is -2.30. The largest absolute Gasteiger partial charge is 0.395 e. The summed E-state index contributed by atoms with van der Waals surface area (Å²) in [5.74, 6) is 4.95. The third kappa shape index (κ3) is 4.51. The number of aromatic nitrogens is 1. The first-order valence-electron chi connectivity index (χ1n) is 9.28. The van der Waals surface area contributed by atoms with Gasteiger partial charge in [-0.05, 0) is 47.9 Å². The molecule has 0 radical (unpaired) electrons. The molecule has 1 aromatic heterocycles. The van der Waals surface area contributed by atoms with Crippen LogP contribution in [0.2, 0.25) is 0 Å². The number of nitrogens with two attached hydrogens (primary N) is 1. The number of nitrogens with zero attached hydrogens (tertiary/aromatic N) is 1. The lowest BCUT2D eigenvalue weighted by molar-refractivity contribution is 0.0953. The predicted octanol–water partition coefficient (Wildman–Crippen LogP) is 3.37. The van der Waals surface area contributed by atoms with Gasteiger partial charge in [-0.3, -0.25) is 10.2 Å². The Morgan fingerprint density at radius 3 is 2.24 bits per heavy atom. The number of carbonyl (C=O) groups is 1. The van der Waals surface area contributed by atoms with Crippen LogP contribution in [0.5, 0.6) is 0 Å². The van der Waals surface area contributed by atoms with Crippen molar-refractivity contribution in [3.8, 4) is 22.4 Å². The van der Waals surface area contributed by atoms with Gasteiger partial charge >= 0.3 is 0 Å². The van der Waals surface area contributed by atoms with Gasteiger partial charge in [0.15, 0.2) is 0 Å². The van der Waals surface area contributed by atoms with Crippen molar-refractivity contribution in [1.82, 2.24) is 10.4 Å². The number of nitrogen functional groups attached to an aromatic ring is 1. The molecule has 2 aromatic carbocycles. The standard InChI is InChI=1S/C23H24N4O2/c1-3-21-15(2)20(23(29)27-24)14-22(26-21)18-6-4-16(5-7-18)17-8-10-19(11-9-17)25-12-13-28/h3-11,14,25,28H,1,12-13,24H2,2H3,(H,27,29). The van der Waals surface area contributed by atoms with E-state index in [1.165, 1.54) is 0 Å². The average molecular weight is 388 g/mol. The van der Waals surface area contributed by atoms with Crippen molar-refractivity contribution in [2.75, 3.05) is 18.5 Å². The van der Waals surface area contributed by atoms with Gasteiger partial charge < -0.3 is 10.4 Å². The number of hydrogen-bond donors (Lipinski definition) is 4. The zero-order chi connectivity index (χ0) is 20.8. The number of anilines is 1. The van der Waals surface area contributed by atoms with Crippen LogP contribution in [0.3, 0.4) is 0 Å². The summed E-state index contributed by atoms with van der Waals surface area (Å²) in [6, 6.07) is 17.7. The molecule has 0 atom stereocenters. The van der Waals surface area contributed by atoms with Crippen LogP contribution in [-0.4, -0.2) is 29.1 Å². The molecule has 3 rings (SSSR count). The van der Waals surface area contributed by atoms with E-state index in [9.17, 15) is 4.79 Å². The Balaban J connectivity index is 1.90. The Bertz CT molecular complexity index is 1010. The quantitative estimate of drug-likeness (QED) is 0.282. The topological polar surface area (TPSA) is 100 Å². The zero-order valence-corrected chi connectivity index (χ0v) is 16.3. The van der Waals surface area contributed by atoms with Crippen LogP contribution in [0.15, 0.2) is 61.2 Å². The second-order valence-corrected chi connectivity index (χ2v) is 6.55. The van der Waals surface area contributed by atoms with Gasteiger partial charge in [0.1, 0.15) is 0 Å². The molecule has 0 bridgehead atoms. The van der Waals surface area contributed by atoms with E-state index < -0.39 is 0 Å². The summed E-state index contributed by atoms with van der Waals surface area (Å²) in [5, 5.41) is 12.0. The van der Waals surface area contributed by atoms with Gasteiger partial charge in [-0.2, -0.15) is 0 Å². The predicted molar refractivity (Wildman–Crippen MR) is 117 cm³/mol. The number of hydrazine groups is 1. The van der Waals surface area contributed by atoms with Crippen molar-refractivity contribution in [2.45, 2.75) is 6.92 Å². The molecule has 0 unspecified atom stereocenters. The molecule has 0 spiro atoms. The number of rotatable bonds is 7. The van der Waals surface area contributed by atoms with Crippen molar-refractivity contribution in [3.63, 3.8) is 0 Å². The third-order valence-corrected chi connectivity index (χ3v) is 4.72. The number of nitrogens with one attached hydrogen (secondary N) is 2. The normalized spacial score (nSPS) is 10.4. The number of carbonyl (C=O) groups excluding carboxylic acids is 1. The van der Waals surface area contributed by atoms with Crippen LogP contribution in [0.1, 0.15) is 21.6 Å². The Hall–Kier alpha value is -3.48. The van der Waals surface area contributed by atoms with Gasteiger partial charge in [-0.15, -0.1) is 0 Å². The van der Waals surface area contributed by atoms with E-state index in [1.807, 2.05) is 55.5 Å². The minimum absolute atomic E-state index is 0.0957. The summed E-state index contributed by atoms with van der Waals surface area (Å²) in [6.45, 7) is 6.23. The van der Waals surface area contributed by atoms with Gasteiger partial charge in [0.25, 0.3) is 5.91 Å². The minimum atomic E-state index is -0.360. The zero-order valence-electron chi connectivity index (χ0n) is 16.3. The molecular weight excluding hydrogens is 364 g/mol. The maximum Gasteiger partial charge on any atom is 0.265 e. The van der Waals surface area contributed by atoms with Crippen molar-refractivity contribution in [1.29, 1.82) is 0 Å². The molecule has 0 aliphatic carbocycles. The highest BCUT2D eigenvalue weighted by molar-refractivity contribution is 5.97. The van der Waals surface area contributed by atoms with Crippen LogP contribution >= 0.6 is 0 Å². The highest BCUT2D eigenvalue weighted by Crippen LogP contribution is 2.27. The van der Waals surface area contributed by atoms with Crippen molar-refractivity contribution < 1.29 is 9.90 Å². The maximum absolute atomic E-state index is 12.1. The highest BCUT2D eigenvalue weighted by Gasteiger charge is 2.14. The fourth-order valence-corrected chi connectivity index (χ4v) is 3.10. The van der Waals surface area contributed by atoms with E-state index in [0.29, 0.717) is 23.5 Å². The van der Waals surface area contributed by atoms with Crippen molar-refractivity contribution >= 4 is 17.7 Å². The van der Waals surface area contributed by atoms with Crippen molar-refractivity contribution in [3.05, 3.63) is 78.0 Å². The van der Waals surface area contributed by atoms with Crippen LogP contribution in [-0.2, 0) is 0 Å². The van der Waals surface area contributed by atoms with E-state index in [1.54, 1.807) is 12.1 Å². The second-order valence-electron chi connectivity index (χ2n) is 6.55. The first kappa shape index (κ1) is 20.3. The van der Waals surface area contributed by atoms with Crippen LogP contribution in [0.4, 0.5) is 5.69 Å². The highest BCUT2D eigenvalue weighted by atomic mass is 16.3. The summed E-state index contributed by atoms with van der Waals surface area (Å²) in [6.07, 6.45) is 1.63. The fourth-order valence-electron chi connectivity index (χ4n) is 3.10. The number of aliphatic hydroxyl groups excluding tert-OH is 1. The van der Waals surface area contributed by atoms with Gasteiger partial charge in [0.2, 0.25) is 0 Å². The van der Waals surface area contributed by atoms with E-state index in [2.05, 4.69) is 22.3 Å². The van der Waals surface area contributed by atoms with Crippen LogP contribution in [0, 0.1) is 6.92 Å². The maximum atomic E-state index is 12.1. The minimum Gasteiger partial charge on any atom is -0.395 e. The molecule has 5 N–H and O–H groups in total. The summed E-state index contributed by atoms with van der Waals surface area (Å²) in [5.41, 5.74) is 8.72. The molecule has 0 aliphatic heterocycles. The summed E-state index contributed by atoms with van der Waals surface area (Å²) < 4.78 is 0. The number of hydrogen-bond acceptors (Lipinski definition) is 5. The number of pyridine rings is 1. The number of aliphatic hydroxyl groups is 1. The molecule has 0 saturated heterocycles. The number of benzene rings is 2. The van der Waals surface area contributed by atoms with E-state index in [4.69, 9.17) is 10.9 Å². The molecule has 6 nitrogen and oxygen atoms in total. The Morgan fingerprint density at radius 2 is 1.69 bits per heavy atom. The molecule has 148 valence electrons. The monoisotopic (exact) mass is 388 g/mol. The van der Waals surface area contributed by atoms with Gasteiger partial charge in [-0.1, -0.05) is 43.0 Å². The third-order valence-electron chi connectivity index (χ3n) is 4.72. The van der Waals surface area contributed by atoms with Gasteiger partial charge in [-0.25, -0.2) is 10.8 Å².